The van der Waals surface area contributed by atoms with Crippen molar-refractivity contribution in [2.75, 3.05) is 0 Å². The first-order valence-corrected chi connectivity index (χ1v) is 11.5. The van der Waals surface area contributed by atoms with Gasteiger partial charge >= 0.3 is 0 Å². The first-order chi connectivity index (χ1) is 14.3. The van der Waals surface area contributed by atoms with E-state index in [4.69, 9.17) is 4.42 Å². The van der Waals surface area contributed by atoms with Gasteiger partial charge in [-0.3, -0.25) is 4.79 Å². The fourth-order valence-corrected chi connectivity index (χ4v) is 6.07. The third-order valence-electron chi connectivity index (χ3n) is 5.69. The Kier molecular flexibility index (Phi) is 5.06. The highest BCUT2D eigenvalue weighted by molar-refractivity contribution is 7.89. The largest absolute Gasteiger partial charge is 0.467 e. The van der Waals surface area contributed by atoms with Gasteiger partial charge in [0.2, 0.25) is 5.91 Å². The molecular formula is C24H25NO4S. The number of rotatable bonds is 6. The molecule has 30 heavy (non-hydrogen) atoms. The smallest absolute Gasteiger partial charge is 0.267 e. The number of β-lactam (4-membered cyclic amide) rings is 1. The summed E-state index contributed by atoms with van der Waals surface area (Å²) >= 11 is 0. The van der Waals surface area contributed by atoms with Crippen molar-refractivity contribution in [1.29, 1.82) is 0 Å². The summed E-state index contributed by atoms with van der Waals surface area (Å²) in [6, 6.07) is 18.7. The third kappa shape index (κ3) is 3.06. The Balaban J connectivity index is 1.89. The lowest BCUT2D eigenvalue weighted by molar-refractivity contribution is -0.153. The van der Waals surface area contributed by atoms with E-state index in [1.165, 1.54) is 6.26 Å². The normalized spacial score (nSPS) is 21.7. The molecule has 0 N–H and O–H groups in total. The molecule has 0 unspecified atom stereocenters. The Labute approximate surface area is 177 Å². The Hall–Kier alpha value is -2.86. The van der Waals surface area contributed by atoms with Crippen LogP contribution in [0.15, 0.2) is 82.3 Å². The standard InChI is InChI=1S/C24H25NO4S/c1-17(2)16-24(19-8-5-4-6-9-19)22(21-10-7-15-29-21)25(23(24)26)30(27,28)20-13-11-18(3)12-14-20/h4-15,17,22H,16H2,1-3H3/t22-,24+/m0/s1. The summed E-state index contributed by atoms with van der Waals surface area (Å²) in [5.41, 5.74) is 0.760. The first-order valence-electron chi connectivity index (χ1n) is 10.0. The number of carbonyl (C=O) groups excluding carboxylic acids is 1. The molecule has 1 aromatic heterocycles. The second-order valence-electron chi connectivity index (χ2n) is 8.27. The molecule has 0 aliphatic carbocycles. The molecule has 0 radical (unpaired) electrons. The topological polar surface area (TPSA) is 67.6 Å². The minimum atomic E-state index is -4.03. The van der Waals surface area contributed by atoms with Gasteiger partial charge in [-0.2, -0.15) is 0 Å². The van der Waals surface area contributed by atoms with Crippen molar-refractivity contribution in [3.05, 3.63) is 89.9 Å². The van der Waals surface area contributed by atoms with E-state index in [9.17, 15) is 13.2 Å². The van der Waals surface area contributed by atoms with Crippen LogP contribution in [-0.4, -0.2) is 18.6 Å². The third-order valence-corrected chi connectivity index (χ3v) is 7.46. The van der Waals surface area contributed by atoms with E-state index in [1.807, 2.05) is 51.1 Å². The van der Waals surface area contributed by atoms with Crippen molar-refractivity contribution >= 4 is 15.9 Å². The molecule has 1 saturated heterocycles. The molecule has 156 valence electrons. The van der Waals surface area contributed by atoms with Crippen LogP contribution >= 0.6 is 0 Å². The molecule has 2 aromatic carbocycles. The zero-order valence-electron chi connectivity index (χ0n) is 17.3. The highest BCUT2D eigenvalue weighted by atomic mass is 32.2. The van der Waals surface area contributed by atoms with Crippen molar-refractivity contribution in [1.82, 2.24) is 4.31 Å². The van der Waals surface area contributed by atoms with Crippen LogP contribution in [0.3, 0.4) is 0 Å². The van der Waals surface area contributed by atoms with E-state index in [0.717, 1.165) is 15.4 Å². The summed E-state index contributed by atoms with van der Waals surface area (Å²) in [5, 5.41) is 0. The summed E-state index contributed by atoms with van der Waals surface area (Å²) in [6.45, 7) is 5.96. The fourth-order valence-electron chi connectivity index (χ4n) is 4.42. The number of aryl methyl sites for hydroxylation is 1. The minimum absolute atomic E-state index is 0.101. The molecule has 2 atom stereocenters. The number of furan rings is 1. The minimum Gasteiger partial charge on any atom is -0.467 e. The molecule has 0 bridgehead atoms. The number of hydrogen-bond acceptors (Lipinski definition) is 4. The van der Waals surface area contributed by atoms with Crippen molar-refractivity contribution in [2.24, 2.45) is 5.92 Å². The van der Waals surface area contributed by atoms with E-state index in [2.05, 4.69) is 0 Å². The highest BCUT2D eigenvalue weighted by Crippen LogP contribution is 2.57. The van der Waals surface area contributed by atoms with Gasteiger partial charge in [-0.15, -0.1) is 0 Å². The predicted molar refractivity (Wildman–Crippen MR) is 114 cm³/mol. The van der Waals surface area contributed by atoms with E-state index in [1.54, 1.807) is 36.4 Å². The summed E-state index contributed by atoms with van der Waals surface area (Å²) in [7, 11) is -4.03. The molecule has 1 aliphatic heterocycles. The van der Waals surface area contributed by atoms with Crippen molar-refractivity contribution in [3.8, 4) is 0 Å². The molecule has 3 aromatic rings. The number of sulfonamides is 1. The van der Waals surface area contributed by atoms with Crippen LogP contribution in [0, 0.1) is 12.8 Å². The molecular weight excluding hydrogens is 398 g/mol. The number of benzene rings is 2. The van der Waals surface area contributed by atoms with E-state index in [-0.39, 0.29) is 10.8 Å². The SMILES string of the molecule is Cc1ccc(S(=O)(=O)N2C(=O)[C@](CC(C)C)(c3ccccc3)[C@@H]2c2ccco2)cc1. The van der Waals surface area contributed by atoms with Gasteiger partial charge in [-0.05, 0) is 49.1 Å². The lowest BCUT2D eigenvalue weighted by Crippen LogP contribution is -2.67. The second kappa shape index (κ2) is 7.43. The van der Waals surface area contributed by atoms with Gasteiger partial charge in [0.15, 0.2) is 0 Å². The average molecular weight is 424 g/mol. The zero-order valence-corrected chi connectivity index (χ0v) is 18.1. The number of hydrogen-bond donors (Lipinski definition) is 0. The molecule has 1 aliphatic rings. The lowest BCUT2D eigenvalue weighted by atomic mass is 9.62. The highest BCUT2D eigenvalue weighted by Gasteiger charge is 2.67. The van der Waals surface area contributed by atoms with Crippen LogP contribution in [0.5, 0.6) is 0 Å². The molecule has 0 saturated carbocycles. The zero-order chi connectivity index (χ0) is 21.5. The van der Waals surface area contributed by atoms with E-state index >= 15 is 0 Å². The maximum absolute atomic E-state index is 13.7. The summed E-state index contributed by atoms with van der Waals surface area (Å²) in [5.74, 6) is 0.231. The van der Waals surface area contributed by atoms with Gasteiger partial charge in [0.1, 0.15) is 17.2 Å². The second-order valence-corrected chi connectivity index (χ2v) is 10.1. The Morgan fingerprint density at radius 1 is 1.00 bits per heavy atom. The maximum Gasteiger partial charge on any atom is 0.267 e. The van der Waals surface area contributed by atoms with Crippen LogP contribution in [0.4, 0.5) is 0 Å². The van der Waals surface area contributed by atoms with Gasteiger partial charge in [0, 0.05) is 0 Å². The molecule has 6 heteroatoms. The Morgan fingerprint density at radius 3 is 2.23 bits per heavy atom. The molecule has 5 nitrogen and oxygen atoms in total. The summed E-state index contributed by atoms with van der Waals surface area (Å²) in [4.78, 5) is 13.8. The van der Waals surface area contributed by atoms with Crippen molar-refractivity contribution in [3.63, 3.8) is 0 Å². The van der Waals surface area contributed by atoms with Gasteiger partial charge in [-0.25, -0.2) is 12.7 Å². The molecule has 1 fully saturated rings. The lowest BCUT2D eigenvalue weighted by Gasteiger charge is -2.54. The summed E-state index contributed by atoms with van der Waals surface area (Å²) in [6.07, 6.45) is 2.03. The summed E-state index contributed by atoms with van der Waals surface area (Å²) < 4.78 is 33.7. The van der Waals surface area contributed by atoms with Crippen LogP contribution in [0.25, 0.3) is 0 Å². The van der Waals surface area contributed by atoms with Crippen LogP contribution < -0.4 is 0 Å². The van der Waals surface area contributed by atoms with Gasteiger partial charge in [0.05, 0.1) is 11.2 Å². The van der Waals surface area contributed by atoms with Gasteiger partial charge < -0.3 is 4.42 Å². The van der Waals surface area contributed by atoms with E-state index < -0.39 is 27.4 Å². The fraction of sp³-hybridized carbons (Fsp3) is 0.292. The first kappa shape index (κ1) is 20.4. The quantitative estimate of drug-likeness (QED) is 0.532. The molecule has 2 heterocycles. The van der Waals surface area contributed by atoms with Crippen molar-refractivity contribution < 1.29 is 17.6 Å². The average Bonchev–Trinajstić information content (AvgIpc) is 3.24. The van der Waals surface area contributed by atoms with Crippen LogP contribution in [0.1, 0.15) is 43.2 Å². The van der Waals surface area contributed by atoms with E-state index in [0.29, 0.717) is 12.2 Å². The number of nitrogens with zero attached hydrogens (tertiary/aromatic N) is 1. The number of carbonyl (C=O) groups is 1. The Morgan fingerprint density at radius 2 is 1.67 bits per heavy atom. The van der Waals surface area contributed by atoms with Gasteiger partial charge in [0.25, 0.3) is 10.0 Å². The maximum atomic E-state index is 13.7. The number of amides is 1. The Bertz CT molecular complexity index is 1140. The molecule has 4 rings (SSSR count). The van der Waals surface area contributed by atoms with Crippen LogP contribution in [-0.2, 0) is 20.2 Å². The monoisotopic (exact) mass is 423 g/mol. The van der Waals surface area contributed by atoms with Gasteiger partial charge in [-0.1, -0.05) is 61.9 Å². The molecule has 1 amide bonds. The predicted octanol–water partition coefficient (Wildman–Crippen LogP) is 4.84. The van der Waals surface area contributed by atoms with Crippen LogP contribution in [0.2, 0.25) is 0 Å². The molecule has 0 spiro atoms. The van der Waals surface area contributed by atoms with Crippen molar-refractivity contribution in [2.45, 2.75) is 43.5 Å².